The molecule has 0 spiro atoms. The van der Waals surface area contributed by atoms with Crippen LogP contribution >= 0.6 is 23.2 Å². The number of amides is 2. The summed E-state index contributed by atoms with van der Waals surface area (Å²) in [5.41, 5.74) is 1.73. The van der Waals surface area contributed by atoms with Crippen LogP contribution in [0.3, 0.4) is 0 Å². The lowest BCUT2D eigenvalue weighted by Gasteiger charge is -2.31. The topological polar surface area (TPSA) is 49.4 Å². The Bertz CT molecular complexity index is 766. The van der Waals surface area contributed by atoms with Crippen LogP contribution in [0.4, 0.5) is 0 Å². The number of rotatable bonds is 7. The summed E-state index contributed by atoms with van der Waals surface area (Å²) in [4.78, 5) is 26.8. The van der Waals surface area contributed by atoms with Gasteiger partial charge in [0, 0.05) is 36.5 Å². The molecule has 0 unspecified atom stereocenters. The monoisotopic (exact) mass is 392 g/mol. The van der Waals surface area contributed by atoms with Crippen LogP contribution in [-0.4, -0.2) is 29.8 Å². The predicted molar refractivity (Wildman–Crippen MR) is 105 cm³/mol. The first kappa shape index (κ1) is 20.3. The van der Waals surface area contributed by atoms with Crippen LogP contribution in [0.1, 0.15) is 24.5 Å². The smallest absolute Gasteiger partial charge is 0.242 e. The van der Waals surface area contributed by atoms with E-state index in [0.29, 0.717) is 22.9 Å². The van der Waals surface area contributed by atoms with Crippen molar-refractivity contribution in [1.29, 1.82) is 0 Å². The molecule has 4 nitrogen and oxygen atoms in total. The zero-order valence-corrected chi connectivity index (χ0v) is 16.3. The molecular formula is C20H22Cl2N2O2. The highest BCUT2D eigenvalue weighted by Crippen LogP contribution is 2.24. The van der Waals surface area contributed by atoms with Crippen LogP contribution in [0.2, 0.25) is 10.0 Å². The van der Waals surface area contributed by atoms with Crippen LogP contribution in [-0.2, 0) is 22.6 Å². The van der Waals surface area contributed by atoms with Gasteiger partial charge in [0.05, 0.1) is 0 Å². The van der Waals surface area contributed by atoms with Crippen molar-refractivity contribution >= 4 is 35.0 Å². The average Bonchev–Trinajstić information content (AvgIpc) is 2.65. The fraction of sp³-hybridized carbons (Fsp3) is 0.300. The van der Waals surface area contributed by atoms with Gasteiger partial charge >= 0.3 is 0 Å². The molecule has 0 aliphatic heterocycles. The van der Waals surface area contributed by atoms with Crippen molar-refractivity contribution in [2.24, 2.45) is 0 Å². The Morgan fingerprint density at radius 3 is 2.38 bits per heavy atom. The number of carbonyl (C=O) groups excluding carboxylic acids is 2. The quantitative estimate of drug-likeness (QED) is 0.771. The van der Waals surface area contributed by atoms with Gasteiger partial charge < -0.3 is 10.2 Å². The second-order valence-corrected chi connectivity index (χ2v) is 6.77. The molecule has 6 heteroatoms. The number of carbonyl (C=O) groups is 2. The molecule has 1 N–H and O–H groups in total. The van der Waals surface area contributed by atoms with Gasteiger partial charge in [-0.1, -0.05) is 66.5 Å². The van der Waals surface area contributed by atoms with Crippen LogP contribution in [0.5, 0.6) is 0 Å². The SMILES string of the molecule is CCC(=O)N(Cc1ccc(Cl)cc1Cl)[C@@H](Cc1ccccc1)C(=O)NC. The number of hydrogen-bond acceptors (Lipinski definition) is 2. The lowest BCUT2D eigenvalue weighted by Crippen LogP contribution is -2.49. The van der Waals surface area contributed by atoms with Gasteiger partial charge in [-0.25, -0.2) is 0 Å². The molecule has 0 fully saturated rings. The van der Waals surface area contributed by atoms with Crippen molar-refractivity contribution in [3.63, 3.8) is 0 Å². The molecule has 0 radical (unpaired) electrons. The summed E-state index contributed by atoms with van der Waals surface area (Å²) in [6, 6.07) is 14.2. The van der Waals surface area contributed by atoms with Crippen LogP contribution in [0.25, 0.3) is 0 Å². The first-order chi connectivity index (χ1) is 12.5. The number of likely N-dealkylation sites (N-methyl/N-ethyl adjacent to an activating group) is 1. The van der Waals surface area contributed by atoms with Crippen LogP contribution in [0, 0.1) is 0 Å². The first-order valence-corrected chi connectivity index (χ1v) is 9.20. The Hall–Kier alpha value is -2.04. The van der Waals surface area contributed by atoms with Crippen molar-refractivity contribution < 1.29 is 9.59 Å². The van der Waals surface area contributed by atoms with E-state index < -0.39 is 6.04 Å². The highest BCUT2D eigenvalue weighted by Gasteiger charge is 2.29. The van der Waals surface area contributed by atoms with Gasteiger partial charge in [-0.2, -0.15) is 0 Å². The van der Waals surface area contributed by atoms with E-state index in [-0.39, 0.29) is 18.4 Å². The van der Waals surface area contributed by atoms with Gasteiger partial charge in [0.25, 0.3) is 0 Å². The summed E-state index contributed by atoms with van der Waals surface area (Å²) in [6.45, 7) is 2.02. The van der Waals surface area contributed by atoms with Gasteiger partial charge in [0.15, 0.2) is 0 Å². The molecule has 26 heavy (non-hydrogen) atoms. The average molecular weight is 393 g/mol. The Morgan fingerprint density at radius 1 is 1.12 bits per heavy atom. The minimum atomic E-state index is -0.624. The van der Waals surface area contributed by atoms with Gasteiger partial charge in [-0.3, -0.25) is 9.59 Å². The predicted octanol–water partition coefficient (Wildman–Crippen LogP) is 4.09. The molecule has 2 amide bonds. The minimum absolute atomic E-state index is 0.111. The molecule has 0 bridgehead atoms. The molecule has 2 aromatic carbocycles. The lowest BCUT2D eigenvalue weighted by atomic mass is 10.0. The summed E-state index contributed by atoms with van der Waals surface area (Å²) >= 11 is 12.2. The molecule has 2 aromatic rings. The maximum atomic E-state index is 12.6. The number of nitrogens with zero attached hydrogens (tertiary/aromatic N) is 1. The molecule has 1 atom stereocenters. The second-order valence-electron chi connectivity index (χ2n) is 5.93. The maximum Gasteiger partial charge on any atom is 0.242 e. The zero-order valence-electron chi connectivity index (χ0n) is 14.8. The number of nitrogens with one attached hydrogen (secondary N) is 1. The van der Waals surface area contributed by atoms with Crippen molar-refractivity contribution in [3.8, 4) is 0 Å². The van der Waals surface area contributed by atoms with E-state index >= 15 is 0 Å². The van der Waals surface area contributed by atoms with Gasteiger partial charge in [-0.15, -0.1) is 0 Å². The summed E-state index contributed by atoms with van der Waals surface area (Å²) in [5.74, 6) is -0.318. The molecule has 0 saturated heterocycles. The minimum Gasteiger partial charge on any atom is -0.357 e. The van der Waals surface area contributed by atoms with E-state index in [4.69, 9.17) is 23.2 Å². The number of halogens is 2. The third kappa shape index (κ3) is 5.23. The number of benzene rings is 2. The van der Waals surface area contributed by atoms with E-state index in [1.54, 1.807) is 37.1 Å². The van der Waals surface area contributed by atoms with Gasteiger partial charge in [-0.05, 0) is 23.3 Å². The largest absolute Gasteiger partial charge is 0.357 e. The van der Waals surface area contributed by atoms with Crippen molar-refractivity contribution in [2.45, 2.75) is 32.4 Å². The molecule has 0 saturated carbocycles. The molecule has 0 aliphatic carbocycles. The van der Waals surface area contributed by atoms with E-state index in [1.165, 1.54) is 0 Å². The Kier molecular flexibility index (Phi) is 7.49. The zero-order chi connectivity index (χ0) is 19.1. The third-order valence-corrected chi connectivity index (χ3v) is 4.76. The standard InChI is InChI=1S/C20H22Cl2N2O2/c1-3-19(25)24(13-15-9-10-16(21)12-17(15)22)18(20(26)23-2)11-14-7-5-4-6-8-14/h4-10,12,18H,3,11,13H2,1-2H3,(H,23,26)/t18-/m0/s1. The fourth-order valence-electron chi connectivity index (χ4n) is 2.76. The normalized spacial score (nSPS) is 11.7. The maximum absolute atomic E-state index is 12.6. The lowest BCUT2D eigenvalue weighted by molar-refractivity contribution is -0.140. The summed E-state index contributed by atoms with van der Waals surface area (Å²) in [7, 11) is 1.57. The molecule has 2 rings (SSSR count). The highest BCUT2D eigenvalue weighted by molar-refractivity contribution is 6.35. The summed E-state index contributed by atoms with van der Waals surface area (Å²) in [6.07, 6.45) is 0.727. The summed E-state index contributed by atoms with van der Waals surface area (Å²) in [5, 5.41) is 3.67. The Labute approximate surface area is 164 Å². The Balaban J connectivity index is 2.36. The molecule has 0 heterocycles. The van der Waals surface area contributed by atoms with E-state index in [1.807, 2.05) is 30.3 Å². The van der Waals surface area contributed by atoms with E-state index in [2.05, 4.69) is 5.32 Å². The first-order valence-electron chi connectivity index (χ1n) is 8.45. The third-order valence-electron chi connectivity index (χ3n) is 4.18. The van der Waals surface area contributed by atoms with E-state index in [9.17, 15) is 9.59 Å². The van der Waals surface area contributed by atoms with Gasteiger partial charge in [0.2, 0.25) is 11.8 Å². The highest BCUT2D eigenvalue weighted by atomic mass is 35.5. The molecule has 0 aliphatic rings. The number of hydrogen-bond donors (Lipinski definition) is 1. The Morgan fingerprint density at radius 2 is 1.81 bits per heavy atom. The van der Waals surface area contributed by atoms with Crippen LogP contribution in [0.15, 0.2) is 48.5 Å². The van der Waals surface area contributed by atoms with Gasteiger partial charge in [0.1, 0.15) is 6.04 Å². The van der Waals surface area contributed by atoms with Crippen LogP contribution < -0.4 is 5.32 Å². The molecule has 0 aromatic heterocycles. The van der Waals surface area contributed by atoms with Crippen molar-refractivity contribution in [3.05, 3.63) is 69.7 Å². The second kappa shape index (κ2) is 9.60. The fourth-order valence-corrected chi connectivity index (χ4v) is 3.23. The van der Waals surface area contributed by atoms with Crippen molar-refractivity contribution in [1.82, 2.24) is 10.2 Å². The summed E-state index contributed by atoms with van der Waals surface area (Å²) < 4.78 is 0. The molecule has 138 valence electrons. The van der Waals surface area contributed by atoms with Crippen molar-refractivity contribution in [2.75, 3.05) is 7.05 Å². The molecular weight excluding hydrogens is 371 g/mol. The van der Waals surface area contributed by atoms with E-state index in [0.717, 1.165) is 11.1 Å².